The summed E-state index contributed by atoms with van der Waals surface area (Å²) in [6.45, 7) is 0.652. The first-order valence-corrected chi connectivity index (χ1v) is 10.1. The minimum atomic E-state index is -0.439. The van der Waals surface area contributed by atoms with E-state index in [4.69, 9.17) is 11.6 Å². The number of benzene rings is 2. The van der Waals surface area contributed by atoms with E-state index in [1.54, 1.807) is 12.3 Å². The Kier molecular flexibility index (Phi) is 5.97. The molecule has 0 aliphatic heterocycles. The van der Waals surface area contributed by atoms with Crippen LogP contribution in [-0.2, 0) is 6.54 Å². The van der Waals surface area contributed by atoms with Gasteiger partial charge in [-0.05, 0) is 35.9 Å². The summed E-state index contributed by atoms with van der Waals surface area (Å²) < 4.78 is 14.8. The normalized spacial score (nSPS) is 11.5. The van der Waals surface area contributed by atoms with Gasteiger partial charge in [0.1, 0.15) is 5.82 Å². The fraction of sp³-hybridized carbons (Fsp3) is 0.0476. The maximum atomic E-state index is 13.0. The van der Waals surface area contributed by atoms with Crippen LogP contribution in [0.25, 0.3) is 11.1 Å². The second kappa shape index (κ2) is 8.98. The molecule has 4 rings (SSSR count). The lowest BCUT2D eigenvalue weighted by molar-refractivity contribution is 0.102. The molecule has 30 heavy (non-hydrogen) atoms. The Morgan fingerprint density at radius 1 is 1.10 bits per heavy atom. The van der Waals surface area contributed by atoms with Crippen molar-refractivity contribution >= 4 is 45.6 Å². The lowest BCUT2D eigenvalue weighted by Gasteiger charge is -2.01. The van der Waals surface area contributed by atoms with Crippen LogP contribution in [0.5, 0.6) is 0 Å². The number of nitrogens with zero attached hydrogens (tertiary/aromatic N) is 4. The summed E-state index contributed by atoms with van der Waals surface area (Å²) >= 11 is 7.43. The van der Waals surface area contributed by atoms with Crippen molar-refractivity contribution in [3.8, 4) is 0 Å². The number of nitrogens with one attached hydrogen (secondary N) is 1. The van der Waals surface area contributed by atoms with Crippen LogP contribution in [-0.4, -0.2) is 25.9 Å². The maximum Gasteiger partial charge on any atom is 0.286 e. The van der Waals surface area contributed by atoms with Crippen LogP contribution in [0.15, 0.2) is 67.0 Å². The van der Waals surface area contributed by atoms with Crippen molar-refractivity contribution in [3.63, 3.8) is 0 Å². The zero-order valence-electron chi connectivity index (χ0n) is 15.5. The van der Waals surface area contributed by atoms with Gasteiger partial charge in [-0.1, -0.05) is 53.3 Å². The Hall–Kier alpha value is -3.36. The summed E-state index contributed by atoms with van der Waals surface area (Å²) in [4.78, 5) is 12.3. The molecule has 6 nitrogen and oxygen atoms in total. The van der Waals surface area contributed by atoms with Gasteiger partial charge in [-0.15, -0.1) is 10.2 Å². The average molecular weight is 440 g/mol. The number of anilines is 1. The van der Waals surface area contributed by atoms with Gasteiger partial charge in [0.05, 0.1) is 17.8 Å². The molecule has 9 heteroatoms. The van der Waals surface area contributed by atoms with E-state index in [1.807, 2.05) is 41.2 Å². The second-order valence-corrected chi connectivity index (χ2v) is 7.71. The Bertz CT molecular complexity index is 1190. The Morgan fingerprint density at radius 2 is 1.83 bits per heavy atom. The number of carbonyl (C=O) groups excluding carboxylic acids is 1. The van der Waals surface area contributed by atoms with Gasteiger partial charge in [0.25, 0.3) is 5.91 Å². The molecule has 0 bridgehead atoms. The van der Waals surface area contributed by atoms with Crippen molar-refractivity contribution in [3.05, 3.63) is 94.0 Å². The number of rotatable bonds is 6. The first-order valence-electron chi connectivity index (χ1n) is 8.91. The molecule has 1 amide bonds. The number of halogens is 2. The second-order valence-electron chi connectivity index (χ2n) is 6.32. The number of hydrogen-bond donors (Lipinski definition) is 1. The van der Waals surface area contributed by atoms with Crippen LogP contribution < -0.4 is 5.32 Å². The molecule has 4 aromatic rings. The van der Waals surface area contributed by atoms with Gasteiger partial charge in [-0.25, -0.2) is 4.39 Å². The third kappa shape index (κ3) is 4.97. The van der Waals surface area contributed by atoms with Crippen molar-refractivity contribution in [2.75, 3.05) is 5.32 Å². The molecule has 0 aliphatic rings. The minimum Gasteiger partial charge on any atom is -0.320 e. The lowest BCUT2D eigenvalue weighted by atomic mass is 10.2. The van der Waals surface area contributed by atoms with E-state index in [1.165, 1.54) is 24.3 Å². The molecule has 0 spiro atoms. The molecule has 2 aromatic heterocycles. The summed E-state index contributed by atoms with van der Waals surface area (Å²) in [5.41, 5.74) is 2.41. The van der Waals surface area contributed by atoms with E-state index in [-0.39, 0.29) is 10.8 Å². The maximum absolute atomic E-state index is 13.0. The van der Waals surface area contributed by atoms with E-state index in [0.29, 0.717) is 22.3 Å². The molecule has 0 saturated heterocycles. The predicted molar refractivity (Wildman–Crippen MR) is 116 cm³/mol. The fourth-order valence-electron chi connectivity index (χ4n) is 2.65. The van der Waals surface area contributed by atoms with Crippen molar-refractivity contribution in [1.82, 2.24) is 20.0 Å². The summed E-state index contributed by atoms with van der Waals surface area (Å²) in [7, 11) is 0. The number of amides is 1. The fourth-order valence-corrected chi connectivity index (χ4v) is 3.57. The monoisotopic (exact) mass is 439 g/mol. The van der Waals surface area contributed by atoms with Crippen molar-refractivity contribution in [2.45, 2.75) is 6.54 Å². The van der Waals surface area contributed by atoms with Gasteiger partial charge in [-0.2, -0.15) is 5.10 Å². The van der Waals surface area contributed by atoms with E-state index in [0.717, 1.165) is 22.5 Å². The topological polar surface area (TPSA) is 72.7 Å². The van der Waals surface area contributed by atoms with Crippen molar-refractivity contribution in [1.29, 1.82) is 0 Å². The lowest BCUT2D eigenvalue weighted by Crippen LogP contribution is -2.11. The smallest absolute Gasteiger partial charge is 0.286 e. The summed E-state index contributed by atoms with van der Waals surface area (Å²) in [6, 6.07) is 15.5. The zero-order chi connectivity index (χ0) is 20.9. The van der Waals surface area contributed by atoms with E-state index < -0.39 is 5.91 Å². The largest absolute Gasteiger partial charge is 0.320 e. The predicted octanol–water partition coefficient (Wildman–Crippen LogP) is 4.91. The molecule has 0 saturated carbocycles. The standard InChI is InChI=1S/C21H15ClFN5OS/c22-18(10-15-11-24-28(13-15)12-14-4-2-1-3-5-14)20-26-27-21(30-20)19(29)25-17-8-6-16(23)7-9-17/h1-11,13H,12H2,(H,25,29)/b18-10-. The minimum absolute atomic E-state index is 0.153. The third-order valence-corrected chi connectivity index (χ3v) is 5.42. The van der Waals surface area contributed by atoms with Crippen molar-refractivity contribution in [2.24, 2.45) is 0 Å². The first-order chi connectivity index (χ1) is 14.6. The van der Waals surface area contributed by atoms with E-state index >= 15 is 0 Å². The molecular weight excluding hydrogens is 425 g/mol. The van der Waals surface area contributed by atoms with Crippen LogP contribution in [0.3, 0.4) is 0 Å². The highest BCUT2D eigenvalue weighted by molar-refractivity contribution is 7.15. The van der Waals surface area contributed by atoms with Crippen LogP contribution >= 0.6 is 22.9 Å². The van der Waals surface area contributed by atoms with Crippen LogP contribution in [0.1, 0.15) is 25.9 Å². The molecular formula is C21H15ClFN5OS. The average Bonchev–Trinajstić information content (AvgIpc) is 3.40. The molecule has 1 N–H and O–H groups in total. The highest BCUT2D eigenvalue weighted by atomic mass is 35.5. The van der Waals surface area contributed by atoms with E-state index in [9.17, 15) is 9.18 Å². The molecule has 0 fully saturated rings. The zero-order valence-corrected chi connectivity index (χ0v) is 17.1. The van der Waals surface area contributed by atoms with Gasteiger partial charge in [0.2, 0.25) is 5.01 Å². The van der Waals surface area contributed by atoms with Gasteiger partial charge in [-0.3, -0.25) is 9.48 Å². The number of carbonyl (C=O) groups is 1. The molecule has 0 unspecified atom stereocenters. The number of aromatic nitrogens is 4. The van der Waals surface area contributed by atoms with Gasteiger partial charge < -0.3 is 5.32 Å². The van der Waals surface area contributed by atoms with Gasteiger partial charge in [0, 0.05) is 17.4 Å². The number of hydrogen-bond acceptors (Lipinski definition) is 5. The quantitative estimate of drug-likeness (QED) is 0.463. The summed E-state index contributed by atoms with van der Waals surface area (Å²) in [6.07, 6.45) is 5.30. The highest BCUT2D eigenvalue weighted by Crippen LogP contribution is 2.25. The van der Waals surface area contributed by atoms with Crippen molar-refractivity contribution < 1.29 is 9.18 Å². The Morgan fingerprint density at radius 3 is 2.60 bits per heavy atom. The molecule has 0 atom stereocenters. The van der Waals surface area contributed by atoms with E-state index in [2.05, 4.69) is 20.6 Å². The van der Waals surface area contributed by atoms with Gasteiger partial charge in [0.15, 0.2) is 5.01 Å². The molecule has 2 heterocycles. The Balaban J connectivity index is 1.43. The summed E-state index contributed by atoms with van der Waals surface area (Å²) in [5.74, 6) is -0.819. The SMILES string of the molecule is O=C(Nc1ccc(F)cc1)c1nnc(/C(Cl)=C/c2cnn(Cc3ccccc3)c2)s1. The molecule has 0 radical (unpaired) electrons. The van der Waals surface area contributed by atoms with Crippen LogP contribution in [0.4, 0.5) is 10.1 Å². The van der Waals surface area contributed by atoms with Crippen LogP contribution in [0, 0.1) is 5.82 Å². The van der Waals surface area contributed by atoms with Crippen LogP contribution in [0.2, 0.25) is 0 Å². The first kappa shape index (κ1) is 19.9. The Labute approximate surface area is 180 Å². The third-order valence-electron chi connectivity index (χ3n) is 4.06. The summed E-state index contributed by atoms with van der Waals surface area (Å²) in [5, 5.41) is 15.8. The molecule has 2 aromatic carbocycles. The highest BCUT2D eigenvalue weighted by Gasteiger charge is 2.15. The molecule has 0 aliphatic carbocycles. The van der Waals surface area contributed by atoms with Gasteiger partial charge >= 0.3 is 0 Å². The molecule has 150 valence electrons.